The Balaban J connectivity index is 2.45. The number of nitro groups is 1. The number of amides is 1. The van der Waals surface area contributed by atoms with Gasteiger partial charge in [-0.05, 0) is 32.0 Å². The molecule has 2 N–H and O–H groups in total. The van der Waals surface area contributed by atoms with Crippen molar-refractivity contribution >= 4 is 46.3 Å². The van der Waals surface area contributed by atoms with Crippen LogP contribution in [0.2, 0.25) is 0 Å². The Kier molecular flexibility index (Phi) is 11.8. The van der Waals surface area contributed by atoms with Gasteiger partial charge in [0.1, 0.15) is 25.4 Å². The molecule has 14 nitrogen and oxygen atoms in total. The van der Waals surface area contributed by atoms with E-state index in [-0.39, 0.29) is 54.3 Å². The number of nitriles is 2. The van der Waals surface area contributed by atoms with E-state index in [1.165, 1.54) is 25.8 Å². The second-order valence-corrected chi connectivity index (χ2v) is 9.27. The van der Waals surface area contributed by atoms with Crippen molar-refractivity contribution in [1.82, 2.24) is 0 Å². The van der Waals surface area contributed by atoms with Gasteiger partial charge in [-0.2, -0.15) is 10.5 Å². The summed E-state index contributed by atoms with van der Waals surface area (Å²) in [5.74, 6) is -1.51. The molecular formula is C29H31N7O7. The molecule has 0 aliphatic rings. The Hall–Kier alpha value is -5.89. The molecule has 2 aromatic rings. The van der Waals surface area contributed by atoms with Crippen LogP contribution in [0.5, 0.6) is 0 Å². The number of anilines is 4. The van der Waals surface area contributed by atoms with Gasteiger partial charge >= 0.3 is 11.9 Å². The van der Waals surface area contributed by atoms with Crippen molar-refractivity contribution in [2.24, 2.45) is 0 Å². The quantitative estimate of drug-likeness (QED) is 0.140. The molecule has 0 aromatic heterocycles. The van der Waals surface area contributed by atoms with Crippen LogP contribution in [0, 0.1) is 32.8 Å². The highest BCUT2D eigenvalue weighted by Gasteiger charge is 2.20. The molecule has 0 heterocycles. The minimum Gasteiger partial charge on any atom is -0.460 e. The number of rotatable bonds is 14. The van der Waals surface area contributed by atoms with Crippen LogP contribution < -0.4 is 20.7 Å². The predicted molar refractivity (Wildman–Crippen MR) is 159 cm³/mol. The fourth-order valence-corrected chi connectivity index (χ4v) is 3.67. The van der Waals surface area contributed by atoms with Crippen LogP contribution in [0.25, 0.3) is 0 Å². The average molecular weight is 590 g/mol. The molecule has 0 aliphatic carbocycles. The Labute approximate surface area is 248 Å². The van der Waals surface area contributed by atoms with Crippen molar-refractivity contribution in [3.05, 3.63) is 75.9 Å². The van der Waals surface area contributed by atoms with Crippen molar-refractivity contribution in [2.75, 3.05) is 54.0 Å². The first-order chi connectivity index (χ1) is 20.3. The first-order valence-corrected chi connectivity index (χ1v) is 12.7. The number of benzene rings is 2. The maximum absolute atomic E-state index is 12.1. The summed E-state index contributed by atoms with van der Waals surface area (Å²) in [5.41, 5.74) is 4.06. The van der Waals surface area contributed by atoms with E-state index in [2.05, 4.69) is 23.9 Å². The molecule has 0 fully saturated rings. The number of esters is 2. The lowest BCUT2D eigenvalue weighted by Gasteiger charge is -2.28. The zero-order valence-electron chi connectivity index (χ0n) is 24.2. The number of hydrogen-bond acceptors (Lipinski definition) is 12. The van der Waals surface area contributed by atoms with Crippen molar-refractivity contribution < 1.29 is 28.8 Å². The Bertz CT molecular complexity index is 1470. The van der Waals surface area contributed by atoms with Gasteiger partial charge in [0.05, 0.1) is 46.2 Å². The molecule has 224 valence electrons. The fraction of sp³-hybridized carbons (Fsp3) is 0.276. The summed E-state index contributed by atoms with van der Waals surface area (Å²) in [4.78, 5) is 48.2. The largest absolute Gasteiger partial charge is 0.460 e. The fourth-order valence-electron chi connectivity index (χ4n) is 3.67. The van der Waals surface area contributed by atoms with Gasteiger partial charge in [-0.15, -0.1) is 0 Å². The highest BCUT2D eigenvalue weighted by atomic mass is 16.6. The Morgan fingerprint density at radius 1 is 0.953 bits per heavy atom. The van der Waals surface area contributed by atoms with Gasteiger partial charge in [0.2, 0.25) is 5.91 Å². The number of hydrogen-bond donors (Lipinski definition) is 2. The number of carbonyl (C=O) groups excluding carboxylic acids is 3. The second kappa shape index (κ2) is 15.2. The van der Waals surface area contributed by atoms with Crippen LogP contribution in [0.3, 0.4) is 0 Å². The molecule has 2 aromatic carbocycles. The van der Waals surface area contributed by atoms with Crippen LogP contribution in [0.1, 0.15) is 31.9 Å². The van der Waals surface area contributed by atoms with Gasteiger partial charge in [0.15, 0.2) is 0 Å². The molecule has 1 amide bonds. The predicted octanol–water partition coefficient (Wildman–Crippen LogP) is 3.80. The third-order valence-corrected chi connectivity index (χ3v) is 5.76. The normalized spacial score (nSPS) is 9.91. The lowest BCUT2D eigenvalue weighted by Crippen LogP contribution is -2.33. The third kappa shape index (κ3) is 9.33. The van der Waals surface area contributed by atoms with Crippen LogP contribution in [-0.4, -0.2) is 56.1 Å². The molecule has 0 bridgehead atoms. The number of ether oxygens (including phenoxy) is 2. The van der Waals surface area contributed by atoms with Crippen molar-refractivity contribution in [3.63, 3.8) is 0 Å². The minimum absolute atomic E-state index is 0.00712. The van der Waals surface area contributed by atoms with Crippen molar-refractivity contribution in [2.45, 2.75) is 20.8 Å². The zero-order valence-corrected chi connectivity index (χ0v) is 24.2. The van der Waals surface area contributed by atoms with E-state index < -0.39 is 28.5 Å². The number of non-ortho nitro benzene ring substituents is 1. The van der Waals surface area contributed by atoms with E-state index in [0.29, 0.717) is 17.1 Å². The molecule has 43 heavy (non-hydrogen) atoms. The van der Waals surface area contributed by atoms with Gasteiger partial charge in [-0.25, -0.2) is 9.59 Å². The second-order valence-electron chi connectivity index (χ2n) is 9.27. The van der Waals surface area contributed by atoms with Crippen LogP contribution >= 0.6 is 0 Å². The molecular weight excluding hydrogens is 558 g/mol. The van der Waals surface area contributed by atoms with E-state index in [0.717, 1.165) is 12.1 Å². The van der Waals surface area contributed by atoms with Gasteiger partial charge < -0.3 is 19.7 Å². The molecule has 0 aliphatic heterocycles. The SMILES string of the molecule is C=C(C)C(=O)OCCN(CCOC(=O)C(=C)C)c1ccc(N(C)Nc2c(C#N)cc([N+](=O)[O-])cc2C#N)c(NC(C)=O)c1. The van der Waals surface area contributed by atoms with E-state index in [1.54, 1.807) is 30.1 Å². The van der Waals surface area contributed by atoms with Crippen LogP contribution in [-0.2, 0) is 23.9 Å². The topological polar surface area (TPSA) is 191 Å². The lowest BCUT2D eigenvalue weighted by atomic mass is 10.1. The average Bonchev–Trinajstić information content (AvgIpc) is 2.95. The monoisotopic (exact) mass is 589 g/mol. The summed E-state index contributed by atoms with van der Waals surface area (Å²) in [7, 11) is 1.57. The first-order valence-electron chi connectivity index (χ1n) is 12.7. The molecule has 0 saturated carbocycles. The standard InChI is InChI=1S/C29H31N7O7/c1-18(2)28(38)42-11-9-35(10-12-43-29(39)19(3)4)23-7-8-26(25(15-23)32-20(5)37)34(6)33-27-21(16-30)13-24(36(40)41)14-22(27)17-31/h7-8,13-15,33H,1,3,9-12H2,2,4-6H3,(H,32,37). The minimum atomic E-state index is -0.701. The van der Waals surface area contributed by atoms with E-state index in [1.807, 2.05) is 12.1 Å². The zero-order chi connectivity index (χ0) is 32.3. The highest BCUT2D eigenvalue weighted by molar-refractivity contribution is 5.94. The van der Waals surface area contributed by atoms with Gasteiger partial charge in [0.25, 0.3) is 5.69 Å². The summed E-state index contributed by atoms with van der Waals surface area (Å²) in [6, 6.07) is 10.8. The maximum Gasteiger partial charge on any atom is 0.333 e. The summed E-state index contributed by atoms with van der Waals surface area (Å²) < 4.78 is 10.5. The molecule has 0 spiro atoms. The maximum atomic E-state index is 12.1. The number of nitrogens with zero attached hydrogens (tertiary/aromatic N) is 5. The number of nitro benzene ring substituents is 1. The summed E-state index contributed by atoms with van der Waals surface area (Å²) >= 11 is 0. The molecule has 0 saturated heterocycles. The summed E-state index contributed by atoms with van der Waals surface area (Å²) in [6.07, 6.45) is 0. The van der Waals surface area contributed by atoms with Gasteiger partial charge in [-0.1, -0.05) is 13.2 Å². The number of nitrogens with one attached hydrogen (secondary N) is 2. The van der Waals surface area contributed by atoms with Gasteiger partial charge in [0, 0.05) is 42.9 Å². The van der Waals surface area contributed by atoms with Crippen molar-refractivity contribution in [1.29, 1.82) is 10.5 Å². The third-order valence-electron chi connectivity index (χ3n) is 5.76. The van der Waals surface area contributed by atoms with Crippen molar-refractivity contribution in [3.8, 4) is 12.1 Å². The smallest absolute Gasteiger partial charge is 0.333 e. The molecule has 2 rings (SSSR count). The molecule has 0 atom stereocenters. The van der Waals surface area contributed by atoms with Crippen LogP contribution in [0.4, 0.5) is 28.4 Å². The molecule has 14 heteroatoms. The van der Waals surface area contributed by atoms with E-state index >= 15 is 0 Å². The first kappa shape index (κ1) is 33.3. The van der Waals surface area contributed by atoms with E-state index in [4.69, 9.17) is 9.47 Å². The van der Waals surface area contributed by atoms with E-state index in [9.17, 15) is 35.0 Å². The van der Waals surface area contributed by atoms with Crippen LogP contribution in [0.15, 0.2) is 54.6 Å². The molecule has 0 radical (unpaired) electrons. The van der Waals surface area contributed by atoms with Gasteiger partial charge in [-0.3, -0.25) is 25.3 Å². The number of carbonyl (C=O) groups is 3. The lowest BCUT2D eigenvalue weighted by molar-refractivity contribution is -0.384. The Morgan fingerprint density at radius 2 is 1.47 bits per heavy atom. The molecule has 0 unspecified atom stereocenters. The summed E-state index contributed by atoms with van der Waals surface area (Å²) in [5, 5.41) is 34.6. The summed E-state index contributed by atoms with van der Waals surface area (Å²) in [6.45, 7) is 11.9. The number of hydrazine groups is 1. The highest BCUT2D eigenvalue weighted by Crippen LogP contribution is 2.33. The Morgan fingerprint density at radius 3 is 1.88 bits per heavy atom.